The van der Waals surface area contributed by atoms with Gasteiger partial charge in [0.2, 0.25) is 10.0 Å². The fourth-order valence-electron chi connectivity index (χ4n) is 2.57. The van der Waals surface area contributed by atoms with Gasteiger partial charge in [0.1, 0.15) is 0 Å². The lowest BCUT2D eigenvalue weighted by atomic mass is 10.1. The van der Waals surface area contributed by atoms with Crippen LogP contribution in [0.2, 0.25) is 0 Å². The van der Waals surface area contributed by atoms with E-state index in [2.05, 4.69) is 23.9 Å². The van der Waals surface area contributed by atoms with Gasteiger partial charge in [-0.25, -0.2) is 13.1 Å². The third-order valence-corrected chi connectivity index (χ3v) is 5.26. The predicted octanol–water partition coefficient (Wildman–Crippen LogP) is 2.40. The molecular formula is C16H26N2O2S. The summed E-state index contributed by atoms with van der Waals surface area (Å²) in [6.45, 7) is 5.99. The number of sulfonamides is 1. The molecule has 2 rings (SSSR count). The van der Waals surface area contributed by atoms with Crippen molar-refractivity contribution in [2.45, 2.75) is 51.4 Å². The number of rotatable bonds is 9. The van der Waals surface area contributed by atoms with E-state index >= 15 is 0 Å². The Hall–Kier alpha value is -0.910. The molecule has 1 aromatic carbocycles. The van der Waals surface area contributed by atoms with Crippen LogP contribution in [0.25, 0.3) is 0 Å². The smallest absolute Gasteiger partial charge is 0.216 e. The van der Waals surface area contributed by atoms with Gasteiger partial charge in [-0.1, -0.05) is 44.5 Å². The van der Waals surface area contributed by atoms with Crippen molar-refractivity contribution in [1.29, 1.82) is 0 Å². The zero-order valence-corrected chi connectivity index (χ0v) is 13.7. The van der Waals surface area contributed by atoms with Crippen molar-refractivity contribution in [3.05, 3.63) is 35.4 Å². The Bertz CT molecular complexity index is 557. The molecule has 21 heavy (non-hydrogen) atoms. The minimum Gasteiger partial charge on any atom is -0.313 e. The molecule has 0 bridgehead atoms. The van der Waals surface area contributed by atoms with E-state index in [-0.39, 0.29) is 11.8 Å². The van der Waals surface area contributed by atoms with E-state index in [0.717, 1.165) is 43.5 Å². The van der Waals surface area contributed by atoms with E-state index in [1.807, 2.05) is 24.3 Å². The Kier molecular flexibility index (Phi) is 5.79. The Labute approximate surface area is 128 Å². The molecule has 1 aromatic rings. The summed E-state index contributed by atoms with van der Waals surface area (Å²) in [6.07, 6.45) is 3.13. The third-order valence-electron chi connectivity index (χ3n) is 3.88. The Morgan fingerprint density at radius 3 is 2.67 bits per heavy atom. The molecule has 0 saturated heterocycles. The second-order valence-corrected chi connectivity index (χ2v) is 7.64. The van der Waals surface area contributed by atoms with Gasteiger partial charge in [0, 0.05) is 12.6 Å². The first-order valence-electron chi connectivity index (χ1n) is 7.82. The van der Waals surface area contributed by atoms with Crippen LogP contribution in [-0.4, -0.2) is 21.0 Å². The lowest BCUT2D eigenvalue weighted by molar-refractivity contribution is 0.575. The summed E-state index contributed by atoms with van der Waals surface area (Å²) >= 11 is 0. The van der Waals surface area contributed by atoms with Gasteiger partial charge >= 0.3 is 0 Å². The van der Waals surface area contributed by atoms with Crippen molar-refractivity contribution in [3.8, 4) is 0 Å². The van der Waals surface area contributed by atoms with E-state index < -0.39 is 10.0 Å². The largest absolute Gasteiger partial charge is 0.313 e. The second kappa shape index (κ2) is 7.38. The van der Waals surface area contributed by atoms with Gasteiger partial charge in [-0.05, 0) is 36.4 Å². The van der Waals surface area contributed by atoms with Crippen LogP contribution in [0.15, 0.2) is 24.3 Å². The van der Waals surface area contributed by atoms with Crippen LogP contribution in [0.4, 0.5) is 0 Å². The zero-order valence-electron chi connectivity index (χ0n) is 12.9. The van der Waals surface area contributed by atoms with Crippen molar-refractivity contribution in [1.82, 2.24) is 10.0 Å². The van der Waals surface area contributed by atoms with Crippen molar-refractivity contribution in [2.24, 2.45) is 5.92 Å². The van der Waals surface area contributed by atoms with Gasteiger partial charge in [0.05, 0.1) is 5.75 Å². The number of benzene rings is 1. The second-order valence-electron chi connectivity index (χ2n) is 5.88. The van der Waals surface area contributed by atoms with Crippen LogP contribution in [0.3, 0.4) is 0 Å². The monoisotopic (exact) mass is 310 g/mol. The fraction of sp³-hybridized carbons (Fsp3) is 0.625. The summed E-state index contributed by atoms with van der Waals surface area (Å²) in [4.78, 5) is 0. The number of hydrogen-bond donors (Lipinski definition) is 2. The fourth-order valence-corrected chi connectivity index (χ4v) is 4.03. The topological polar surface area (TPSA) is 58.2 Å². The Morgan fingerprint density at radius 1 is 1.24 bits per heavy atom. The normalized spacial score (nSPS) is 21.4. The van der Waals surface area contributed by atoms with Crippen LogP contribution in [0.1, 0.15) is 44.2 Å². The van der Waals surface area contributed by atoms with E-state index in [1.165, 1.54) is 0 Å². The molecule has 1 fully saturated rings. The number of hydrogen-bond acceptors (Lipinski definition) is 3. The molecule has 2 atom stereocenters. The SMILES string of the molecule is CCCNCc1cccc(CS(=O)(=O)NC2CC2CC)c1. The molecule has 2 unspecified atom stereocenters. The summed E-state index contributed by atoms with van der Waals surface area (Å²) in [6, 6.07) is 7.98. The van der Waals surface area contributed by atoms with Gasteiger partial charge in [0.25, 0.3) is 0 Å². The summed E-state index contributed by atoms with van der Waals surface area (Å²) in [7, 11) is -3.23. The molecular weight excluding hydrogens is 284 g/mol. The van der Waals surface area contributed by atoms with Crippen molar-refractivity contribution >= 4 is 10.0 Å². The molecule has 0 heterocycles. The molecule has 0 spiro atoms. The molecule has 1 saturated carbocycles. The first-order valence-corrected chi connectivity index (χ1v) is 9.47. The first kappa shape index (κ1) is 16.5. The Morgan fingerprint density at radius 2 is 2.00 bits per heavy atom. The molecule has 5 heteroatoms. The van der Waals surface area contributed by atoms with Crippen LogP contribution in [0.5, 0.6) is 0 Å². The van der Waals surface area contributed by atoms with Crippen molar-refractivity contribution in [3.63, 3.8) is 0 Å². The molecule has 0 aromatic heterocycles. The zero-order chi connectivity index (χ0) is 15.3. The van der Waals surface area contributed by atoms with Gasteiger partial charge in [-0.3, -0.25) is 0 Å². The molecule has 0 radical (unpaired) electrons. The van der Waals surface area contributed by atoms with Gasteiger partial charge in [-0.15, -0.1) is 0 Å². The highest BCUT2D eigenvalue weighted by Crippen LogP contribution is 2.33. The molecule has 1 aliphatic carbocycles. The highest BCUT2D eigenvalue weighted by atomic mass is 32.2. The van der Waals surface area contributed by atoms with Crippen LogP contribution in [-0.2, 0) is 22.3 Å². The highest BCUT2D eigenvalue weighted by Gasteiger charge is 2.38. The maximum atomic E-state index is 12.2. The average molecular weight is 310 g/mol. The maximum absolute atomic E-state index is 12.2. The maximum Gasteiger partial charge on any atom is 0.216 e. The summed E-state index contributed by atoms with van der Waals surface area (Å²) < 4.78 is 27.1. The quantitative estimate of drug-likeness (QED) is 0.689. The van der Waals surface area contributed by atoms with Crippen molar-refractivity contribution in [2.75, 3.05) is 6.54 Å². The summed E-state index contributed by atoms with van der Waals surface area (Å²) in [5, 5.41) is 3.33. The summed E-state index contributed by atoms with van der Waals surface area (Å²) in [5.41, 5.74) is 1.99. The average Bonchev–Trinajstić information content (AvgIpc) is 3.16. The minimum absolute atomic E-state index is 0.0710. The molecule has 0 aliphatic heterocycles. The van der Waals surface area contributed by atoms with Gasteiger partial charge < -0.3 is 5.32 Å². The molecule has 0 amide bonds. The first-order chi connectivity index (χ1) is 10.0. The van der Waals surface area contributed by atoms with E-state index in [1.54, 1.807) is 0 Å². The molecule has 118 valence electrons. The molecule has 2 N–H and O–H groups in total. The van der Waals surface area contributed by atoms with Crippen molar-refractivity contribution < 1.29 is 8.42 Å². The van der Waals surface area contributed by atoms with E-state index in [4.69, 9.17) is 0 Å². The van der Waals surface area contributed by atoms with Gasteiger partial charge in [0.15, 0.2) is 0 Å². The molecule has 1 aliphatic rings. The van der Waals surface area contributed by atoms with Crippen LogP contribution < -0.4 is 10.0 Å². The van der Waals surface area contributed by atoms with E-state index in [0.29, 0.717) is 5.92 Å². The van der Waals surface area contributed by atoms with Crippen LogP contribution >= 0.6 is 0 Å². The third kappa shape index (κ3) is 5.41. The molecule has 4 nitrogen and oxygen atoms in total. The lowest BCUT2D eigenvalue weighted by Gasteiger charge is -2.08. The van der Waals surface area contributed by atoms with Crippen LogP contribution in [0, 0.1) is 5.92 Å². The predicted molar refractivity (Wildman–Crippen MR) is 86.4 cm³/mol. The standard InChI is InChI=1S/C16H26N2O2S/c1-3-8-17-11-13-6-5-7-14(9-13)12-21(19,20)18-16-10-15(16)4-2/h5-7,9,15-18H,3-4,8,10-12H2,1-2H3. The Balaban J connectivity index is 1.91. The van der Waals surface area contributed by atoms with E-state index in [9.17, 15) is 8.42 Å². The summed E-state index contributed by atoms with van der Waals surface area (Å²) in [5.74, 6) is 0.603. The van der Waals surface area contributed by atoms with Gasteiger partial charge in [-0.2, -0.15) is 0 Å². The lowest BCUT2D eigenvalue weighted by Crippen LogP contribution is -2.28. The number of nitrogens with one attached hydrogen (secondary N) is 2. The highest BCUT2D eigenvalue weighted by molar-refractivity contribution is 7.88. The minimum atomic E-state index is -3.23.